The summed E-state index contributed by atoms with van der Waals surface area (Å²) in [5, 5.41) is 0. The molecule has 0 fully saturated rings. The van der Waals surface area contributed by atoms with Crippen molar-refractivity contribution in [3.05, 3.63) is 122 Å². The van der Waals surface area contributed by atoms with Gasteiger partial charge in [0.1, 0.15) is 13.2 Å². The van der Waals surface area contributed by atoms with Gasteiger partial charge in [-0.15, -0.1) is 0 Å². The molecule has 0 heterocycles. The Balaban J connectivity index is 4.54. The number of ether oxygens (including phenoxy) is 3. The summed E-state index contributed by atoms with van der Waals surface area (Å²) in [5.74, 6) is -1.05. The van der Waals surface area contributed by atoms with Crippen molar-refractivity contribution in [2.24, 2.45) is 0 Å². The van der Waals surface area contributed by atoms with Crippen molar-refractivity contribution in [3.8, 4) is 0 Å². The summed E-state index contributed by atoms with van der Waals surface area (Å²) in [5.41, 5.74) is 0. The fraction of sp³-hybridized carbons (Fsp3) is 0.646. The van der Waals surface area contributed by atoms with Crippen LogP contribution in [0.15, 0.2) is 122 Å². The van der Waals surface area contributed by atoms with Gasteiger partial charge in [0.05, 0.1) is 0 Å². The van der Waals surface area contributed by atoms with Crippen LogP contribution in [-0.4, -0.2) is 37.2 Å². The maximum absolute atomic E-state index is 12.8. The van der Waals surface area contributed by atoms with Gasteiger partial charge in [0.25, 0.3) is 0 Å². The molecule has 71 heavy (non-hydrogen) atoms. The molecule has 1 atom stereocenters. The van der Waals surface area contributed by atoms with Crippen LogP contribution >= 0.6 is 0 Å². The van der Waals surface area contributed by atoms with Gasteiger partial charge in [-0.3, -0.25) is 14.4 Å². The highest BCUT2D eigenvalue weighted by Crippen LogP contribution is 2.16. The van der Waals surface area contributed by atoms with Gasteiger partial charge in [0.15, 0.2) is 6.10 Å². The Labute approximate surface area is 437 Å². The van der Waals surface area contributed by atoms with Crippen LogP contribution in [0, 0.1) is 0 Å². The number of hydrogen-bond acceptors (Lipinski definition) is 6. The molecule has 0 aliphatic heterocycles. The van der Waals surface area contributed by atoms with Crippen molar-refractivity contribution in [3.63, 3.8) is 0 Å². The second-order valence-electron chi connectivity index (χ2n) is 18.8. The Kier molecular flexibility index (Phi) is 54.9. The van der Waals surface area contributed by atoms with E-state index in [4.69, 9.17) is 14.2 Å². The van der Waals surface area contributed by atoms with Gasteiger partial charge in [0.2, 0.25) is 0 Å². The molecule has 0 unspecified atom stereocenters. The summed E-state index contributed by atoms with van der Waals surface area (Å²) in [6.07, 6.45) is 80.7. The van der Waals surface area contributed by atoms with Crippen molar-refractivity contribution >= 4 is 17.9 Å². The summed E-state index contributed by atoms with van der Waals surface area (Å²) in [7, 11) is 0. The van der Waals surface area contributed by atoms with Gasteiger partial charge < -0.3 is 14.2 Å². The average molecular weight is 984 g/mol. The van der Waals surface area contributed by atoms with Gasteiger partial charge in [-0.25, -0.2) is 0 Å². The molecule has 0 saturated carbocycles. The lowest BCUT2D eigenvalue weighted by atomic mass is 10.0. The molecule has 0 aromatic heterocycles. The van der Waals surface area contributed by atoms with E-state index in [2.05, 4.69) is 130 Å². The quantitative estimate of drug-likeness (QED) is 0.0261. The molecule has 0 aromatic carbocycles. The first-order chi connectivity index (χ1) is 35.0. The van der Waals surface area contributed by atoms with E-state index in [1.807, 2.05) is 12.2 Å². The van der Waals surface area contributed by atoms with E-state index >= 15 is 0 Å². The first kappa shape index (κ1) is 66.8. The number of allylic oxidation sites excluding steroid dienone is 20. The van der Waals surface area contributed by atoms with Gasteiger partial charge >= 0.3 is 17.9 Å². The number of rotatable bonds is 51. The van der Waals surface area contributed by atoms with E-state index in [0.29, 0.717) is 19.3 Å². The summed E-state index contributed by atoms with van der Waals surface area (Å²) in [6, 6.07) is 0. The smallest absolute Gasteiger partial charge is 0.306 e. The zero-order valence-electron chi connectivity index (χ0n) is 45.9. The van der Waals surface area contributed by atoms with Crippen molar-refractivity contribution < 1.29 is 28.6 Å². The Morgan fingerprint density at radius 3 is 0.915 bits per heavy atom. The van der Waals surface area contributed by atoms with Crippen LogP contribution in [0.5, 0.6) is 0 Å². The molecule has 0 aromatic rings. The maximum Gasteiger partial charge on any atom is 0.306 e. The number of unbranched alkanes of at least 4 members (excludes halogenated alkanes) is 20. The topological polar surface area (TPSA) is 78.9 Å². The Morgan fingerprint density at radius 2 is 0.577 bits per heavy atom. The number of hydrogen-bond donors (Lipinski definition) is 0. The fourth-order valence-corrected chi connectivity index (χ4v) is 7.69. The highest BCUT2D eigenvalue weighted by Gasteiger charge is 2.19. The molecule has 6 nitrogen and oxygen atoms in total. The summed E-state index contributed by atoms with van der Waals surface area (Å²) in [4.78, 5) is 38.1. The lowest BCUT2D eigenvalue weighted by Gasteiger charge is -2.18. The Bertz CT molecular complexity index is 1500. The normalized spacial score (nSPS) is 13.0. The summed E-state index contributed by atoms with van der Waals surface area (Å²) in [6.45, 7) is 6.32. The number of carbonyl (C=O) groups is 3. The van der Waals surface area contributed by atoms with Gasteiger partial charge in [-0.05, 0) is 96.3 Å². The zero-order chi connectivity index (χ0) is 51.4. The van der Waals surface area contributed by atoms with Crippen molar-refractivity contribution in [2.45, 2.75) is 258 Å². The molecule has 0 N–H and O–H groups in total. The lowest BCUT2D eigenvalue weighted by molar-refractivity contribution is -0.166. The Hall–Kier alpha value is -4.19. The predicted molar refractivity (Wildman–Crippen MR) is 306 cm³/mol. The van der Waals surface area contributed by atoms with Crippen molar-refractivity contribution in [2.75, 3.05) is 13.2 Å². The predicted octanol–water partition coefficient (Wildman–Crippen LogP) is 19.6. The van der Waals surface area contributed by atoms with E-state index < -0.39 is 12.1 Å². The SMILES string of the molecule is CC/C=C\C/C=C\C/C=C\C/C=C\C/C=C\C/C=C\CCC(=O)O[C@H](COC(=O)CCCC/C=C\C/C=C\C/C=C\C/C=C\CC)COC(=O)CCCCCCCCCCCCCCCCCCCCC. The first-order valence-corrected chi connectivity index (χ1v) is 29.0. The van der Waals surface area contributed by atoms with Crippen LogP contribution in [0.4, 0.5) is 0 Å². The lowest BCUT2D eigenvalue weighted by Crippen LogP contribution is -2.30. The standard InChI is InChI=1S/C65H106O6/c1-4-7-10-13-16-19-22-25-28-30-32-34-37-40-43-46-49-52-55-58-64(67)70-61-62(60-69-63(66)57-54-51-48-45-42-39-36-27-24-21-18-15-12-9-6-3)71-65(68)59-56-53-50-47-44-41-38-35-33-31-29-26-23-20-17-14-11-8-5-2/h8-9,11-12,17-18,20-21,26-27,29,33,35-36,41-42,44-45,50,53,62H,4-7,10,13-16,19,22-25,28,30-32,34,37-40,43,46-49,51-52,54-61H2,1-3H3/b11-8-,12-9-,20-17-,21-18-,29-26-,35-33-,36-27-,44-41-,45-42-,53-50-/t62-/m1/s1. The van der Waals surface area contributed by atoms with Gasteiger partial charge in [-0.1, -0.05) is 258 Å². The molecule has 0 aliphatic rings. The molecule has 6 heteroatoms. The third kappa shape index (κ3) is 56.6. The first-order valence-electron chi connectivity index (χ1n) is 29.0. The van der Waals surface area contributed by atoms with Crippen LogP contribution in [0.2, 0.25) is 0 Å². The van der Waals surface area contributed by atoms with Crippen LogP contribution in [0.1, 0.15) is 252 Å². The van der Waals surface area contributed by atoms with E-state index in [1.54, 1.807) is 0 Å². The minimum Gasteiger partial charge on any atom is -0.462 e. The molecule has 0 amide bonds. The molecular formula is C65H106O6. The van der Waals surface area contributed by atoms with E-state index in [-0.39, 0.29) is 38.0 Å². The number of carbonyl (C=O) groups excluding carboxylic acids is 3. The Morgan fingerprint density at radius 1 is 0.296 bits per heavy atom. The molecule has 0 saturated heterocycles. The van der Waals surface area contributed by atoms with E-state index in [1.165, 1.54) is 103 Å². The molecule has 0 spiro atoms. The summed E-state index contributed by atoms with van der Waals surface area (Å²) >= 11 is 0. The molecule has 0 bridgehead atoms. The van der Waals surface area contributed by atoms with Crippen LogP contribution < -0.4 is 0 Å². The van der Waals surface area contributed by atoms with Crippen molar-refractivity contribution in [1.29, 1.82) is 0 Å². The zero-order valence-corrected chi connectivity index (χ0v) is 45.9. The molecule has 0 aliphatic carbocycles. The van der Waals surface area contributed by atoms with Crippen LogP contribution in [0.25, 0.3) is 0 Å². The average Bonchev–Trinajstić information content (AvgIpc) is 3.37. The van der Waals surface area contributed by atoms with Crippen LogP contribution in [0.3, 0.4) is 0 Å². The van der Waals surface area contributed by atoms with Gasteiger partial charge in [0, 0.05) is 19.3 Å². The number of esters is 3. The molecule has 0 rings (SSSR count). The highest BCUT2D eigenvalue weighted by atomic mass is 16.6. The molecular weight excluding hydrogens is 877 g/mol. The van der Waals surface area contributed by atoms with Crippen molar-refractivity contribution in [1.82, 2.24) is 0 Å². The second kappa shape index (κ2) is 58.4. The van der Waals surface area contributed by atoms with E-state index in [9.17, 15) is 14.4 Å². The summed E-state index contributed by atoms with van der Waals surface area (Å²) < 4.78 is 16.8. The van der Waals surface area contributed by atoms with Crippen LogP contribution in [-0.2, 0) is 28.6 Å². The van der Waals surface area contributed by atoms with E-state index in [0.717, 1.165) is 96.3 Å². The maximum atomic E-state index is 12.8. The minimum absolute atomic E-state index is 0.122. The monoisotopic (exact) mass is 983 g/mol. The second-order valence-corrected chi connectivity index (χ2v) is 18.8. The minimum atomic E-state index is -0.838. The molecule has 0 radical (unpaired) electrons. The highest BCUT2D eigenvalue weighted by molar-refractivity contribution is 5.71. The molecule has 402 valence electrons. The third-order valence-corrected chi connectivity index (χ3v) is 12.0. The third-order valence-electron chi connectivity index (χ3n) is 12.0. The largest absolute Gasteiger partial charge is 0.462 e. The fourth-order valence-electron chi connectivity index (χ4n) is 7.69. The van der Waals surface area contributed by atoms with Gasteiger partial charge in [-0.2, -0.15) is 0 Å².